The molecule has 208 valence electrons. The lowest BCUT2D eigenvalue weighted by Gasteiger charge is -2.20. The highest BCUT2D eigenvalue weighted by Crippen LogP contribution is 2.09. The summed E-state index contributed by atoms with van der Waals surface area (Å²) in [4.78, 5) is 74.5. The zero-order valence-electron chi connectivity index (χ0n) is 21.5. The molecule has 0 radical (unpaired) electrons. The van der Waals surface area contributed by atoms with Gasteiger partial charge in [-0.3, -0.25) is 34.1 Å². The molecule has 0 saturated heterocycles. The number of nitrogens with two attached hydrogens (primary N) is 2. The Morgan fingerprint density at radius 1 is 0.718 bits per heavy atom. The number of carbonyl (C=O) groups excluding carboxylic acids is 6. The van der Waals surface area contributed by atoms with E-state index in [2.05, 4.69) is 28.6 Å². The van der Waals surface area contributed by atoms with Crippen molar-refractivity contribution in [2.45, 2.75) is 55.8 Å². The molecule has 0 unspecified atom stereocenters. The molecule has 4 atom stereocenters. The fourth-order valence-electron chi connectivity index (χ4n) is 3.31. The molecule has 0 spiro atoms. The first-order valence-electron chi connectivity index (χ1n) is 12.0. The lowest BCUT2D eigenvalue weighted by molar-refractivity contribution is -0.144. The van der Waals surface area contributed by atoms with Crippen LogP contribution in [0, 0.1) is 0 Å². The monoisotopic (exact) mass is 556 g/mol. The van der Waals surface area contributed by atoms with Crippen molar-refractivity contribution in [2.75, 3.05) is 0 Å². The van der Waals surface area contributed by atoms with Crippen molar-refractivity contribution in [3.8, 4) is 0 Å². The van der Waals surface area contributed by atoms with Crippen LogP contribution in [-0.2, 0) is 41.6 Å². The number of thiol groups is 1. The van der Waals surface area contributed by atoms with Crippen LogP contribution in [0.3, 0.4) is 0 Å². The molecular formula is C26H32N6O6S. The van der Waals surface area contributed by atoms with Crippen molar-refractivity contribution in [1.82, 2.24) is 21.3 Å². The van der Waals surface area contributed by atoms with E-state index in [9.17, 15) is 28.8 Å². The molecule has 0 aliphatic carbocycles. The van der Waals surface area contributed by atoms with Crippen LogP contribution in [-0.4, -0.2) is 59.6 Å². The third-order valence-corrected chi connectivity index (χ3v) is 5.91. The Morgan fingerprint density at radius 2 is 1.28 bits per heavy atom. The van der Waals surface area contributed by atoms with Gasteiger partial charge < -0.3 is 27.4 Å². The van der Waals surface area contributed by atoms with Gasteiger partial charge in [0.05, 0.1) is 6.04 Å². The second kappa shape index (κ2) is 14.6. The Balaban J connectivity index is 1.96. The van der Waals surface area contributed by atoms with Crippen molar-refractivity contribution in [2.24, 2.45) is 11.5 Å². The van der Waals surface area contributed by atoms with Gasteiger partial charge in [-0.15, -0.1) is 12.6 Å². The van der Waals surface area contributed by atoms with E-state index < -0.39 is 59.6 Å². The molecule has 0 aliphatic heterocycles. The number of benzene rings is 2. The first-order valence-corrected chi connectivity index (χ1v) is 12.4. The number of carbonyl (C=O) groups is 6. The average molecular weight is 557 g/mol. The van der Waals surface area contributed by atoms with Crippen molar-refractivity contribution >= 4 is 48.1 Å². The van der Waals surface area contributed by atoms with Crippen LogP contribution < -0.4 is 32.7 Å². The molecule has 0 saturated carbocycles. The standard InChI is InChI=1S/C26H32N6O6S/c1-14(21(28)33)29-24(36)20(13-16-6-4-3-5-7-16)31-25(37)26(38)32-22(34)15(2)30-23(35)19(27)12-17-8-10-18(39)11-9-17/h3-11,14-15,19-20,39H,12-13,27H2,1-2H3,(H2,28,33)(H,29,36)(H,30,35)(H,31,37)(H,32,34,38)/t14-,15+,19-,20-/m0/s1. The molecule has 0 aliphatic rings. The molecule has 0 aromatic heterocycles. The SMILES string of the molecule is C[C@H](NC(=O)[C@H](Cc1ccccc1)NC(=O)C(=O)NC(=O)[C@@H](C)NC(=O)[C@@H](N)Cc1ccc(S)cc1)C(N)=O. The van der Waals surface area contributed by atoms with Crippen LogP contribution in [0.25, 0.3) is 0 Å². The van der Waals surface area contributed by atoms with E-state index in [4.69, 9.17) is 11.5 Å². The first kappa shape index (κ1) is 31.0. The smallest absolute Gasteiger partial charge is 0.315 e. The summed E-state index contributed by atoms with van der Waals surface area (Å²) in [7, 11) is 0. The van der Waals surface area contributed by atoms with Gasteiger partial charge in [-0.05, 0) is 43.5 Å². The zero-order valence-corrected chi connectivity index (χ0v) is 22.4. The third kappa shape index (κ3) is 10.2. The van der Waals surface area contributed by atoms with Gasteiger partial charge in [0.25, 0.3) is 0 Å². The van der Waals surface area contributed by atoms with Crippen LogP contribution in [0.4, 0.5) is 0 Å². The van der Waals surface area contributed by atoms with Crippen LogP contribution in [0.15, 0.2) is 59.5 Å². The molecular weight excluding hydrogens is 524 g/mol. The van der Waals surface area contributed by atoms with Gasteiger partial charge in [-0.25, -0.2) is 0 Å². The fraction of sp³-hybridized carbons (Fsp3) is 0.308. The van der Waals surface area contributed by atoms with Gasteiger partial charge in [-0.1, -0.05) is 42.5 Å². The fourth-order valence-corrected chi connectivity index (χ4v) is 3.46. The summed E-state index contributed by atoms with van der Waals surface area (Å²) in [6.07, 6.45) is 0.195. The van der Waals surface area contributed by atoms with Crippen molar-refractivity contribution in [1.29, 1.82) is 0 Å². The van der Waals surface area contributed by atoms with Gasteiger partial charge in [0.15, 0.2) is 0 Å². The van der Waals surface area contributed by atoms with Crippen LogP contribution in [0.1, 0.15) is 25.0 Å². The summed E-state index contributed by atoms with van der Waals surface area (Å²) >= 11 is 4.20. The predicted molar refractivity (Wildman–Crippen MR) is 145 cm³/mol. The zero-order chi connectivity index (χ0) is 29.1. The second-order valence-electron chi connectivity index (χ2n) is 8.87. The number of rotatable bonds is 11. The number of primary amides is 1. The van der Waals surface area contributed by atoms with E-state index >= 15 is 0 Å². The summed E-state index contributed by atoms with van der Waals surface area (Å²) in [6.45, 7) is 2.68. The van der Waals surface area contributed by atoms with Crippen molar-refractivity contribution in [3.63, 3.8) is 0 Å². The Kier molecular flexibility index (Phi) is 11.6. The van der Waals surface area contributed by atoms with Gasteiger partial charge in [-0.2, -0.15) is 0 Å². The minimum atomic E-state index is -1.34. The van der Waals surface area contributed by atoms with Gasteiger partial charge in [0, 0.05) is 11.3 Å². The van der Waals surface area contributed by atoms with E-state index in [0.717, 1.165) is 10.5 Å². The number of nitrogens with one attached hydrogen (secondary N) is 4. The topological polar surface area (TPSA) is 203 Å². The lowest BCUT2D eigenvalue weighted by atomic mass is 10.0. The Morgan fingerprint density at radius 3 is 1.87 bits per heavy atom. The van der Waals surface area contributed by atoms with E-state index in [1.807, 2.05) is 5.32 Å². The van der Waals surface area contributed by atoms with Gasteiger partial charge >= 0.3 is 11.8 Å². The number of hydrogen-bond acceptors (Lipinski definition) is 8. The summed E-state index contributed by atoms with van der Waals surface area (Å²) in [6, 6.07) is 11.2. The molecule has 0 heterocycles. The molecule has 0 bridgehead atoms. The van der Waals surface area contributed by atoms with E-state index in [0.29, 0.717) is 5.56 Å². The summed E-state index contributed by atoms with van der Waals surface area (Å²) < 4.78 is 0. The highest BCUT2D eigenvalue weighted by molar-refractivity contribution is 7.80. The summed E-state index contributed by atoms with van der Waals surface area (Å²) in [5.74, 6) is -5.74. The van der Waals surface area contributed by atoms with Crippen LogP contribution >= 0.6 is 12.6 Å². The average Bonchev–Trinajstić information content (AvgIpc) is 2.89. The highest BCUT2D eigenvalue weighted by atomic mass is 32.1. The van der Waals surface area contributed by atoms with E-state index in [1.54, 1.807) is 54.6 Å². The molecule has 12 nitrogen and oxygen atoms in total. The van der Waals surface area contributed by atoms with Crippen molar-refractivity contribution in [3.05, 3.63) is 65.7 Å². The molecule has 8 N–H and O–H groups in total. The molecule has 0 fully saturated rings. The second-order valence-corrected chi connectivity index (χ2v) is 9.39. The molecule has 39 heavy (non-hydrogen) atoms. The largest absolute Gasteiger partial charge is 0.368 e. The minimum absolute atomic E-state index is 0.00775. The number of amides is 6. The number of hydrogen-bond donors (Lipinski definition) is 7. The maximum atomic E-state index is 12.7. The summed E-state index contributed by atoms with van der Waals surface area (Å²) in [5, 5.41) is 8.91. The third-order valence-electron chi connectivity index (χ3n) is 5.61. The van der Waals surface area contributed by atoms with Gasteiger partial charge in [0.2, 0.25) is 23.6 Å². The normalized spacial score (nSPS) is 13.6. The lowest BCUT2D eigenvalue weighted by Crippen LogP contribution is -2.57. The van der Waals surface area contributed by atoms with Crippen LogP contribution in [0.5, 0.6) is 0 Å². The van der Waals surface area contributed by atoms with Crippen LogP contribution in [0.2, 0.25) is 0 Å². The van der Waals surface area contributed by atoms with Crippen molar-refractivity contribution < 1.29 is 28.8 Å². The maximum Gasteiger partial charge on any atom is 0.315 e. The molecule has 2 aromatic carbocycles. The molecule has 6 amide bonds. The molecule has 2 aromatic rings. The highest BCUT2D eigenvalue weighted by Gasteiger charge is 2.29. The van der Waals surface area contributed by atoms with E-state index in [1.165, 1.54) is 13.8 Å². The number of imide groups is 1. The Hall–Kier alpha value is -4.23. The molecule has 13 heteroatoms. The Labute approximate surface area is 231 Å². The minimum Gasteiger partial charge on any atom is -0.368 e. The molecule has 2 rings (SSSR count). The first-order chi connectivity index (χ1) is 18.4. The summed E-state index contributed by atoms with van der Waals surface area (Å²) in [5.41, 5.74) is 12.6. The van der Waals surface area contributed by atoms with E-state index in [-0.39, 0.29) is 12.8 Å². The Bertz CT molecular complexity index is 1210. The maximum absolute atomic E-state index is 12.7. The quantitative estimate of drug-likeness (QED) is 0.132. The predicted octanol–water partition coefficient (Wildman–Crippen LogP) is -1.29. The van der Waals surface area contributed by atoms with Gasteiger partial charge in [0.1, 0.15) is 18.1 Å².